The Balaban J connectivity index is 1.57. The van der Waals surface area contributed by atoms with Crippen LogP contribution in [0.2, 0.25) is 0 Å². The van der Waals surface area contributed by atoms with Crippen LogP contribution in [0.4, 0.5) is 5.13 Å². The quantitative estimate of drug-likeness (QED) is 0.538. The third-order valence-corrected chi connectivity index (χ3v) is 5.99. The van der Waals surface area contributed by atoms with Gasteiger partial charge in [0.1, 0.15) is 11.8 Å². The zero-order valence-corrected chi connectivity index (χ0v) is 18.8. The molecule has 0 saturated heterocycles. The number of hydrogen-bond acceptors (Lipinski definition) is 6. The number of amides is 3. The molecule has 1 N–H and O–H groups in total. The number of rotatable bonds is 7. The molecule has 164 valence electrons. The smallest absolute Gasteiger partial charge is 0.262 e. The highest BCUT2D eigenvalue weighted by molar-refractivity contribution is 7.14. The number of aromatic nitrogens is 1. The zero-order chi connectivity index (χ0) is 22.8. The van der Waals surface area contributed by atoms with Gasteiger partial charge in [-0.3, -0.25) is 19.3 Å². The van der Waals surface area contributed by atoms with Gasteiger partial charge in [0.15, 0.2) is 5.13 Å². The van der Waals surface area contributed by atoms with Gasteiger partial charge in [0.2, 0.25) is 5.91 Å². The van der Waals surface area contributed by atoms with Crippen molar-refractivity contribution in [3.05, 3.63) is 65.0 Å². The Kier molecular flexibility index (Phi) is 6.05. The number of imide groups is 1. The first-order valence-corrected chi connectivity index (χ1v) is 11.1. The van der Waals surface area contributed by atoms with Gasteiger partial charge in [-0.05, 0) is 36.6 Å². The van der Waals surface area contributed by atoms with E-state index in [1.54, 1.807) is 31.4 Å². The predicted molar refractivity (Wildman–Crippen MR) is 123 cm³/mol. The van der Waals surface area contributed by atoms with Crippen molar-refractivity contribution in [3.8, 4) is 17.0 Å². The van der Waals surface area contributed by atoms with Gasteiger partial charge >= 0.3 is 0 Å². The first-order valence-electron chi connectivity index (χ1n) is 10.3. The predicted octanol–water partition coefficient (Wildman–Crippen LogP) is 4.47. The van der Waals surface area contributed by atoms with Gasteiger partial charge in [-0.2, -0.15) is 0 Å². The molecule has 2 aromatic carbocycles. The molecule has 0 bridgehead atoms. The summed E-state index contributed by atoms with van der Waals surface area (Å²) < 4.78 is 5.26. The van der Waals surface area contributed by atoms with Gasteiger partial charge in [-0.1, -0.05) is 38.1 Å². The first kappa shape index (κ1) is 21.7. The fraction of sp³-hybridized carbons (Fsp3) is 0.250. The molecule has 1 aliphatic rings. The molecule has 3 amide bonds. The van der Waals surface area contributed by atoms with Crippen LogP contribution in [0, 0.1) is 5.92 Å². The Hall–Kier alpha value is -3.52. The van der Waals surface area contributed by atoms with Gasteiger partial charge in [0.25, 0.3) is 11.8 Å². The maximum atomic E-state index is 13.2. The van der Waals surface area contributed by atoms with Crippen molar-refractivity contribution in [2.45, 2.75) is 26.3 Å². The van der Waals surface area contributed by atoms with E-state index in [0.29, 0.717) is 34.1 Å². The second-order valence-electron chi connectivity index (χ2n) is 7.93. The third kappa shape index (κ3) is 4.13. The number of benzene rings is 2. The van der Waals surface area contributed by atoms with Crippen LogP contribution in [-0.4, -0.2) is 40.8 Å². The molecule has 1 aromatic heterocycles. The first-order chi connectivity index (χ1) is 15.4. The van der Waals surface area contributed by atoms with Crippen molar-refractivity contribution < 1.29 is 19.1 Å². The Labute approximate surface area is 190 Å². The van der Waals surface area contributed by atoms with E-state index in [2.05, 4.69) is 10.3 Å². The number of carbonyl (C=O) groups is 3. The van der Waals surface area contributed by atoms with Crippen LogP contribution >= 0.6 is 11.3 Å². The summed E-state index contributed by atoms with van der Waals surface area (Å²) in [5.74, 6) is -0.507. The molecule has 8 heteroatoms. The minimum absolute atomic E-state index is 0.0960. The molecule has 0 aliphatic carbocycles. The molecule has 1 atom stereocenters. The van der Waals surface area contributed by atoms with Gasteiger partial charge in [0.05, 0.1) is 23.9 Å². The molecule has 1 aliphatic heterocycles. The summed E-state index contributed by atoms with van der Waals surface area (Å²) in [4.78, 5) is 44.7. The Morgan fingerprint density at radius 1 is 1.09 bits per heavy atom. The molecule has 0 saturated carbocycles. The van der Waals surface area contributed by atoms with Gasteiger partial charge in [-0.25, -0.2) is 4.98 Å². The monoisotopic (exact) mass is 449 g/mol. The Morgan fingerprint density at radius 3 is 2.41 bits per heavy atom. The zero-order valence-electron chi connectivity index (χ0n) is 18.0. The summed E-state index contributed by atoms with van der Waals surface area (Å²) in [5, 5.41) is 5.04. The number of thiazole rings is 1. The van der Waals surface area contributed by atoms with E-state index in [1.165, 1.54) is 11.3 Å². The lowest BCUT2D eigenvalue weighted by molar-refractivity contribution is -0.120. The lowest BCUT2D eigenvalue weighted by Crippen LogP contribution is -2.47. The van der Waals surface area contributed by atoms with E-state index in [0.717, 1.165) is 10.5 Å². The van der Waals surface area contributed by atoms with Crippen molar-refractivity contribution in [3.63, 3.8) is 0 Å². The van der Waals surface area contributed by atoms with Crippen LogP contribution in [0.3, 0.4) is 0 Å². The molecule has 0 fully saturated rings. The van der Waals surface area contributed by atoms with E-state index in [4.69, 9.17) is 4.74 Å². The van der Waals surface area contributed by atoms with Crippen LogP contribution < -0.4 is 10.1 Å². The van der Waals surface area contributed by atoms with Gasteiger partial charge in [-0.15, -0.1) is 11.3 Å². The van der Waals surface area contributed by atoms with Crippen molar-refractivity contribution in [1.29, 1.82) is 0 Å². The summed E-state index contributed by atoms with van der Waals surface area (Å²) in [7, 11) is 1.60. The molecule has 32 heavy (non-hydrogen) atoms. The number of nitrogens with one attached hydrogen (secondary N) is 1. The fourth-order valence-corrected chi connectivity index (χ4v) is 4.42. The number of methoxy groups -OCH3 is 1. The summed E-state index contributed by atoms with van der Waals surface area (Å²) >= 11 is 1.28. The van der Waals surface area contributed by atoms with E-state index in [9.17, 15) is 14.4 Å². The fourth-order valence-electron chi connectivity index (χ4n) is 3.70. The topological polar surface area (TPSA) is 88.6 Å². The maximum absolute atomic E-state index is 13.2. The van der Waals surface area contributed by atoms with Crippen molar-refractivity contribution in [2.24, 2.45) is 5.92 Å². The largest absolute Gasteiger partial charge is 0.497 e. The number of ether oxygens (including phenoxy) is 1. The summed E-state index contributed by atoms with van der Waals surface area (Å²) in [6.45, 7) is 3.89. The van der Waals surface area contributed by atoms with E-state index < -0.39 is 23.8 Å². The van der Waals surface area contributed by atoms with E-state index >= 15 is 0 Å². The van der Waals surface area contributed by atoms with E-state index in [-0.39, 0.29) is 5.92 Å². The molecule has 7 nitrogen and oxygen atoms in total. The highest BCUT2D eigenvalue weighted by Gasteiger charge is 2.42. The highest BCUT2D eigenvalue weighted by atomic mass is 32.1. The maximum Gasteiger partial charge on any atom is 0.262 e. The minimum atomic E-state index is -0.924. The Morgan fingerprint density at radius 2 is 1.78 bits per heavy atom. The highest BCUT2D eigenvalue weighted by Crippen LogP contribution is 2.30. The summed E-state index contributed by atoms with van der Waals surface area (Å²) in [6.07, 6.45) is 0.353. The number of fused-ring (bicyclic) bond motifs is 1. The average Bonchev–Trinajstić information content (AvgIpc) is 3.35. The van der Waals surface area contributed by atoms with E-state index in [1.807, 2.05) is 43.5 Å². The standard InChI is InChI=1S/C24H23N3O4S/c1-14(2)11-20(27-22(29)17-9-4-5-10-18(17)23(27)30)21(28)26-24-25-19(13-32-24)15-7-6-8-16(12-15)31-3/h4-10,12-14,20H,11H2,1-3H3,(H,25,26,28). The summed E-state index contributed by atoms with van der Waals surface area (Å²) in [5.41, 5.74) is 2.22. The molecule has 3 aromatic rings. The lowest BCUT2D eigenvalue weighted by atomic mass is 10.0. The molecule has 4 rings (SSSR count). The minimum Gasteiger partial charge on any atom is -0.497 e. The summed E-state index contributed by atoms with van der Waals surface area (Å²) in [6, 6.07) is 13.2. The normalized spacial score (nSPS) is 13.9. The molecular formula is C24H23N3O4S. The molecule has 1 unspecified atom stereocenters. The van der Waals surface area contributed by atoms with Crippen molar-refractivity contribution in [1.82, 2.24) is 9.88 Å². The SMILES string of the molecule is COc1cccc(-c2csc(NC(=O)C(CC(C)C)N3C(=O)c4ccccc4C3=O)n2)c1. The van der Waals surface area contributed by atoms with Crippen molar-refractivity contribution >= 4 is 34.2 Å². The van der Waals surface area contributed by atoms with Crippen LogP contribution in [0.25, 0.3) is 11.3 Å². The number of anilines is 1. The second kappa shape index (κ2) is 8.92. The van der Waals surface area contributed by atoms with Gasteiger partial charge in [0, 0.05) is 10.9 Å². The average molecular weight is 450 g/mol. The van der Waals surface area contributed by atoms with Crippen LogP contribution in [0.15, 0.2) is 53.9 Å². The van der Waals surface area contributed by atoms with Crippen LogP contribution in [-0.2, 0) is 4.79 Å². The second-order valence-corrected chi connectivity index (χ2v) is 8.79. The molecular weight excluding hydrogens is 426 g/mol. The number of hydrogen-bond donors (Lipinski definition) is 1. The third-order valence-electron chi connectivity index (χ3n) is 5.23. The van der Waals surface area contributed by atoms with Crippen molar-refractivity contribution in [2.75, 3.05) is 12.4 Å². The van der Waals surface area contributed by atoms with Crippen LogP contribution in [0.5, 0.6) is 5.75 Å². The van der Waals surface area contributed by atoms with Gasteiger partial charge < -0.3 is 10.1 Å². The van der Waals surface area contributed by atoms with Crippen LogP contribution in [0.1, 0.15) is 41.0 Å². The molecule has 0 spiro atoms. The lowest BCUT2D eigenvalue weighted by Gasteiger charge is -2.26. The molecule has 2 heterocycles. The number of carbonyl (C=O) groups excluding carboxylic acids is 3. The molecule has 0 radical (unpaired) electrons. The Bertz CT molecular complexity index is 1150. The number of nitrogens with zero attached hydrogens (tertiary/aromatic N) is 2.